The van der Waals surface area contributed by atoms with Crippen molar-refractivity contribution < 1.29 is 23.9 Å². The van der Waals surface area contributed by atoms with Gasteiger partial charge in [-0.15, -0.1) is 0 Å². The summed E-state index contributed by atoms with van der Waals surface area (Å²) in [5, 5.41) is 10.9. The molecule has 7 nitrogen and oxygen atoms in total. The van der Waals surface area contributed by atoms with Crippen LogP contribution in [0.2, 0.25) is 0 Å². The molecular formula is C16H23NO6. The predicted octanol–water partition coefficient (Wildman–Crippen LogP) is 3.35. The molecule has 0 saturated carbocycles. The van der Waals surface area contributed by atoms with Gasteiger partial charge in [-0.3, -0.25) is 14.9 Å². The lowest BCUT2D eigenvalue weighted by Crippen LogP contribution is -2.28. The molecule has 0 radical (unpaired) electrons. The maximum absolute atomic E-state index is 11.9. The average Bonchev–Trinajstić information content (AvgIpc) is 2.44. The van der Waals surface area contributed by atoms with Gasteiger partial charge in [-0.25, -0.2) is 0 Å². The number of ether oxygens (including phenoxy) is 3. The Morgan fingerprint density at radius 1 is 1.26 bits per heavy atom. The molecular weight excluding hydrogens is 302 g/mol. The van der Waals surface area contributed by atoms with Crippen LogP contribution in [0.3, 0.4) is 0 Å². The second-order valence-corrected chi connectivity index (χ2v) is 6.20. The molecule has 7 heteroatoms. The van der Waals surface area contributed by atoms with E-state index in [1.165, 1.54) is 19.2 Å². The number of methoxy groups -OCH3 is 1. The van der Waals surface area contributed by atoms with Crippen LogP contribution >= 0.6 is 0 Å². The van der Waals surface area contributed by atoms with Crippen LogP contribution in [0.15, 0.2) is 18.2 Å². The monoisotopic (exact) mass is 325 g/mol. The summed E-state index contributed by atoms with van der Waals surface area (Å²) in [6.07, 6.45) is 0.444. The SMILES string of the molecule is COc1cc(OCCC(C)C(=O)OC(C)(C)C)cc([N+](=O)[O-])c1. The van der Waals surface area contributed by atoms with Crippen LogP contribution in [0.25, 0.3) is 0 Å². The van der Waals surface area contributed by atoms with Gasteiger partial charge in [-0.1, -0.05) is 6.92 Å². The van der Waals surface area contributed by atoms with Crippen molar-refractivity contribution in [2.24, 2.45) is 5.92 Å². The number of non-ortho nitro benzene ring substituents is 1. The second-order valence-electron chi connectivity index (χ2n) is 6.20. The molecule has 0 spiro atoms. The number of rotatable bonds is 7. The van der Waals surface area contributed by atoms with Crippen molar-refractivity contribution in [1.82, 2.24) is 0 Å². The van der Waals surface area contributed by atoms with E-state index in [0.29, 0.717) is 17.9 Å². The van der Waals surface area contributed by atoms with Gasteiger partial charge in [0.05, 0.1) is 36.7 Å². The van der Waals surface area contributed by atoms with Crippen LogP contribution in [0.1, 0.15) is 34.1 Å². The molecule has 0 bridgehead atoms. The van der Waals surface area contributed by atoms with Crippen molar-refractivity contribution in [3.63, 3.8) is 0 Å². The van der Waals surface area contributed by atoms with Crippen LogP contribution in [-0.2, 0) is 9.53 Å². The van der Waals surface area contributed by atoms with E-state index < -0.39 is 10.5 Å². The molecule has 1 rings (SSSR count). The Bertz CT molecular complexity index is 564. The third-order valence-electron chi connectivity index (χ3n) is 2.94. The van der Waals surface area contributed by atoms with Gasteiger partial charge in [0.25, 0.3) is 5.69 Å². The summed E-state index contributed by atoms with van der Waals surface area (Å²) in [4.78, 5) is 22.2. The van der Waals surface area contributed by atoms with Crippen molar-refractivity contribution in [2.75, 3.05) is 13.7 Å². The summed E-state index contributed by atoms with van der Waals surface area (Å²) in [6, 6.07) is 4.20. The van der Waals surface area contributed by atoms with E-state index in [1.807, 2.05) is 20.8 Å². The third-order valence-corrected chi connectivity index (χ3v) is 2.94. The molecule has 0 aliphatic carbocycles. The number of carbonyl (C=O) groups excluding carboxylic acids is 1. The lowest BCUT2D eigenvalue weighted by Gasteiger charge is -2.22. The molecule has 23 heavy (non-hydrogen) atoms. The number of nitro benzene ring substituents is 1. The molecule has 1 atom stereocenters. The largest absolute Gasteiger partial charge is 0.496 e. The van der Waals surface area contributed by atoms with Crippen LogP contribution in [0.5, 0.6) is 11.5 Å². The first-order chi connectivity index (χ1) is 10.6. The summed E-state index contributed by atoms with van der Waals surface area (Å²) in [7, 11) is 1.42. The Balaban J connectivity index is 2.60. The second kappa shape index (κ2) is 7.80. The van der Waals surface area contributed by atoms with Gasteiger partial charge in [0, 0.05) is 6.07 Å². The van der Waals surface area contributed by atoms with Crippen molar-refractivity contribution in [3.8, 4) is 11.5 Å². The summed E-state index contributed by atoms with van der Waals surface area (Å²) in [5.74, 6) is 0.0503. The number of esters is 1. The first kappa shape index (κ1) is 18.7. The van der Waals surface area contributed by atoms with E-state index in [-0.39, 0.29) is 24.2 Å². The topological polar surface area (TPSA) is 87.9 Å². The number of benzene rings is 1. The Kier molecular flexibility index (Phi) is 6.36. The molecule has 0 saturated heterocycles. The number of hydrogen-bond acceptors (Lipinski definition) is 6. The van der Waals surface area contributed by atoms with Gasteiger partial charge in [-0.2, -0.15) is 0 Å². The number of nitrogens with zero attached hydrogens (tertiary/aromatic N) is 1. The highest BCUT2D eigenvalue weighted by Gasteiger charge is 2.21. The molecule has 1 aromatic rings. The smallest absolute Gasteiger partial charge is 0.309 e. The van der Waals surface area contributed by atoms with E-state index in [9.17, 15) is 14.9 Å². The maximum Gasteiger partial charge on any atom is 0.309 e. The van der Waals surface area contributed by atoms with Gasteiger partial charge in [-0.05, 0) is 27.2 Å². The van der Waals surface area contributed by atoms with Gasteiger partial charge < -0.3 is 14.2 Å². The maximum atomic E-state index is 11.9. The Labute approximate surface area is 135 Å². The van der Waals surface area contributed by atoms with Crippen LogP contribution in [-0.4, -0.2) is 30.2 Å². The average molecular weight is 325 g/mol. The fourth-order valence-corrected chi connectivity index (χ4v) is 1.74. The van der Waals surface area contributed by atoms with Crippen molar-refractivity contribution in [2.45, 2.75) is 39.7 Å². The minimum atomic E-state index is -0.528. The van der Waals surface area contributed by atoms with E-state index in [0.717, 1.165) is 0 Å². The summed E-state index contributed by atoms with van der Waals surface area (Å²) in [6.45, 7) is 7.42. The molecule has 0 amide bonds. The van der Waals surface area contributed by atoms with E-state index in [4.69, 9.17) is 14.2 Å². The van der Waals surface area contributed by atoms with Crippen LogP contribution < -0.4 is 9.47 Å². The minimum absolute atomic E-state index is 0.112. The first-order valence-corrected chi connectivity index (χ1v) is 7.31. The Morgan fingerprint density at radius 2 is 1.87 bits per heavy atom. The minimum Gasteiger partial charge on any atom is -0.496 e. The van der Waals surface area contributed by atoms with Crippen molar-refractivity contribution >= 4 is 11.7 Å². The van der Waals surface area contributed by atoms with E-state index in [1.54, 1.807) is 13.0 Å². The van der Waals surface area contributed by atoms with Gasteiger partial charge in [0.15, 0.2) is 0 Å². The molecule has 0 aromatic heterocycles. The van der Waals surface area contributed by atoms with Crippen LogP contribution in [0, 0.1) is 16.0 Å². The Hall–Kier alpha value is -2.31. The molecule has 0 aliphatic heterocycles. The lowest BCUT2D eigenvalue weighted by molar-refractivity contribution is -0.385. The fraction of sp³-hybridized carbons (Fsp3) is 0.562. The molecule has 1 aromatic carbocycles. The first-order valence-electron chi connectivity index (χ1n) is 7.31. The third kappa shape index (κ3) is 6.54. The zero-order chi connectivity index (χ0) is 17.6. The predicted molar refractivity (Wildman–Crippen MR) is 84.8 cm³/mol. The molecule has 0 aliphatic rings. The Morgan fingerprint density at radius 3 is 2.39 bits per heavy atom. The van der Waals surface area contributed by atoms with Gasteiger partial charge >= 0.3 is 5.97 Å². The number of carbonyl (C=O) groups is 1. The summed E-state index contributed by atoms with van der Waals surface area (Å²) in [5.41, 5.74) is -0.640. The summed E-state index contributed by atoms with van der Waals surface area (Å²) < 4.78 is 15.8. The van der Waals surface area contributed by atoms with Crippen LogP contribution in [0.4, 0.5) is 5.69 Å². The highest BCUT2D eigenvalue weighted by Crippen LogP contribution is 2.27. The molecule has 1 unspecified atom stereocenters. The standard InChI is InChI=1S/C16H23NO6/c1-11(15(18)23-16(2,3)4)6-7-22-14-9-12(17(19)20)8-13(10-14)21-5/h8-11H,6-7H2,1-5H3. The molecule has 0 heterocycles. The normalized spacial score (nSPS) is 12.4. The lowest BCUT2D eigenvalue weighted by atomic mass is 10.1. The molecule has 0 N–H and O–H groups in total. The van der Waals surface area contributed by atoms with E-state index >= 15 is 0 Å². The van der Waals surface area contributed by atoms with Gasteiger partial charge in [0.1, 0.15) is 17.1 Å². The number of nitro groups is 1. The molecule has 128 valence electrons. The quantitative estimate of drug-likeness (QED) is 0.434. The highest BCUT2D eigenvalue weighted by molar-refractivity contribution is 5.72. The van der Waals surface area contributed by atoms with Crippen molar-refractivity contribution in [3.05, 3.63) is 28.3 Å². The number of hydrogen-bond donors (Lipinski definition) is 0. The molecule has 0 fully saturated rings. The van der Waals surface area contributed by atoms with E-state index in [2.05, 4.69) is 0 Å². The fourth-order valence-electron chi connectivity index (χ4n) is 1.74. The zero-order valence-corrected chi connectivity index (χ0v) is 14.1. The summed E-state index contributed by atoms with van der Waals surface area (Å²) >= 11 is 0. The zero-order valence-electron chi connectivity index (χ0n) is 14.1. The van der Waals surface area contributed by atoms with Gasteiger partial charge in [0.2, 0.25) is 0 Å². The highest BCUT2D eigenvalue weighted by atomic mass is 16.6. The van der Waals surface area contributed by atoms with Crippen molar-refractivity contribution in [1.29, 1.82) is 0 Å².